The minimum atomic E-state index is 0.701. The second-order valence-electron chi connectivity index (χ2n) is 5.83. The Hall–Kier alpha value is -1.09. The fourth-order valence-electron chi connectivity index (χ4n) is 3.29. The number of pyridine rings is 1. The highest BCUT2D eigenvalue weighted by atomic mass is 15.2. The van der Waals surface area contributed by atoms with Crippen molar-refractivity contribution in [3.05, 3.63) is 23.4 Å². The lowest BCUT2D eigenvalue weighted by atomic mass is 10.1. The van der Waals surface area contributed by atoms with Crippen LogP contribution in [-0.2, 0) is 13.0 Å². The van der Waals surface area contributed by atoms with Crippen LogP contribution in [0.5, 0.6) is 0 Å². The maximum atomic E-state index is 4.92. The molecule has 0 spiro atoms. The summed E-state index contributed by atoms with van der Waals surface area (Å²) < 4.78 is 0. The summed E-state index contributed by atoms with van der Waals surface area (Å²) in [6, 6.07) is 5.23. The van der Waals surface area contributed by atoms with Crippen LogP contribution < -0.4 is 10.2 Å². The van der Waals surface area contributed by atoms with Crippen LogP contribution in [0, 0.1) is 0 Å². The summed E-state index contributed by atoms with van der Waals surface area (Å²) >= 11 is 0. The molecule has 0 amide bonds. The van der Waals surface area contributed by atoms with Crippen molar-refractivity contribution >= 4 is 5.82 Å². The van der Waals surface area contributed by atoms with Crippen molar-refractivity contribution in [2.75, 3.05) is 18.5 Å². The van der Waals surface area contributed by atoms with Crippen molar-refractivity contribution in [1.29, 1.82) is 0 Å². The van der Waals surface area contributed by atoms with Gasteiger partial charge >= 0.3 is 0 Å². The highest BCUT2D eigenvalue weighted by Gasteiger charge is 2.23. The van der Waals surface area contributed by atoms with Gasteiger partial charge < -0.3 is 10.2 Å². The average Bonchev–Trinajstić information content (AvgIpc) is 2.94. The molecule has 0 radical (unpaired) electrons. The van der Waals surface area contributed by atoms with Gasteiger partial charge in [0.2, 0.25) is 0 Å². The van der Waals surface area contributed by atoms with E-state index in [0.717, 1.165) is 25.9 Å². The third kappa shape index (κ3) is 3.72. The van der Waals surface area contributed by atoms with Crippen molar-refractivity contribution in [2.24, 2.45) is 0 Å². The smallest absolute Gasteiger partial charge is 0.129 e. The molecule has 112 valence electrons. The van der Waals surface area contributed by atoms with Crippen LogP contribution >= 0.6 is 0 Å². The molecule has 1 N–H and O–H groups in total. The third-order valence-corrected chi connectivity index (χ3v) is 4.21. The molecule has 1 aromatic heterocycles. The monoisotopic (exact) mass is 275 g/mol. The van der Waals surface area contributed by atoms with Crippen LogP contribution in [0.25, 0.3) is 0 Å². The van der Waals surface area contributed by atoms with E-state index in [1.165, 1.54) is 42.8 Å². The van der Waals surface area contributed by atoms with Gasteiger partial charge in [-0.15, -0.1) is 0 Å². The maximum absolute atomic E-state index is 4.92. The fraction of sp³-hybridized carbons (Fsp3) is 0.706. The molecule has 1 fully saturated rings. The topological polar surface area (TPSA) is 28.2 Å². The van der Waals surface area contributed by atoms with Crippen molar-refractivity contribution < 1.29 is 0 Å². The molecular formula is C17H29N3. The highest BCUT2D eigenvalue weighted by Crippen LogP contribution is 2.28. The fourth-order valence-corrected chi connectivity index (χ4v) is 3.29. The average molecular weight is 275 g/mol. The number of aromatic nitrogens is 1. The number of anilines is 1. The molecule has 1 aromatic rings. The number of nitrogens with one attached hydrogen (secondary N) is 1. The molecule has 3 heteroatoms. The van der Waals surface area contributed by atoms with E-state index in [2.05, 4.69) is 36.2 Å². The maximum Gasteiger partial charge on any atom is 0.129 e. The van der Waals surface area contributed by atoms with Gasteiger partial charge in [0.25, 0.3) is 0 Å². The Labute approximate surface area is 123 Å². The van der Waals surface area contributed by atoms with Gasteiger partial charge in [-0.25, -0.2) is 4.98 Å². The summed E-state index contributed by atoms with van der Waals surface area (Å²) in [7, 11) is 2.01. The standard InChI is InChI=1S/C17H29N3/c1-4-8-15-11-14(13-18-3)12-17(19-15)20(5-2)16-9-6-7-10-16/h11-12,16,18H,4-10,13H2,1-3H3. The van der Waals surface area contributed by atoms with Crippen LogP contribution in [0.2, 0.25) is 0 Å². The summed E-state index contributed by atoms with van der Waals surface area (Å²) in [6.07, 6.45) is 7.64. The first-order chi connectivity index (χ1) is 9.78. The molecule has 1 aliphatic rings. The molecule has 2 rings (SSSR count). The number of hydrogen-bond acceptors (Lipinski definition) is 3. The molecule has 0 saturated heterocycles. The number of hydrogen-bond donors (Lipinski definition) is 1. The summed E-state index contributed by atoms with van der Waals surface area (Å²) in [5.41, 5.74) is 2.60. The number of rotatable bonds is 7. The quantitative estimate of drug-likeness (QED) is 0.825. The predicted molar refractivity (Wildman–Crippen MR) is 86.3 cm³/mol. The lowest BCUT2D eigenvalue weighted by Gasteiger charge is -2.29. The van der Waals surface area contributed by atoms with Gasteiger partial charge in [0.05, 0.1) is 0 Å². The number of aryl methyl sites for hydroxylation is 1. The molecule has 0 bridgehead atoms. The Morgan fingerprint density at radius 1 is 1.25 bits per heavy atom. The molecule has 0 unspecified atom stereocenters. The van der Waals surface area contributed by atoms with E-state index in [4.69, 9.17) is 4.98 Å². The minimum Gasteiger partial charge on any atom is -0.354 e. The normalized spacial score (nSPS) is 15.8. The zero-order valence-electron chi connectivity index (χ0n) is 13.3. The zero-order chi connectivity index (χ0) is 14.4. The Bertz CT molecular complexity index is 386. The zero-order valence-corrected chi connectivity index (χ0v) is 13.3. The molecular weight excluding hydrogens is 246 g/mol. The number of nitrogens with zero attached hydrogens (tertiary/aromatic N) is 2. The third-order valence-electron chi connectivity index (χ3n) is 4.21. The summed E-state index contributed by atoms with van der Waals surface area (Å²) in [6.45, 7) is 6.46. The summed E-state index contributed by atoms with van der Waals surface area (Å²) in [5.74, 6) is 1.19. The second-order valence-corrected chi connectivity index (χ2v) is 5.83. The van der Waals surface area contributed by atoms with E-state index < -0.39 is 0 Å². The predicted octanol–water partition coefficient (Wildman–Crippen LogP) is 3.52. The first-order valence-electron chi connectivity index (χ1n) is 8.19. The van der Waals surface area contributed by atoms with Crippen LogP contribution in [0.4, 0.5) is 5.82 Å². The van der Waals surface area contributed by atoms with Gasteiger partial charge in [-0.2, -0.15) is 0 Å². The largest absolute Gasteiger partial charge is 0.354 e. The Morgan fingerprint density at radius 3 is 2.60 bits per heavy atom. The molecule has 0 aromatic carbocycles. The van der Waals surface area contributed by atoms with Gasteiger partial charge in [0.15, 0.2) is 0 Å². The second kappa shape index (κ2) is 7.63. The first-order valence-corrected chi connectivity index (χ1v) is 8.19. The van der Waals surface area contributed by atoms with Crippen molar-refractivity contribution in [2.45, 2.75) is 65.0 Å². The first kappa shape index (κ1) is 15.3. The Morgan fingerprint density at radius 2 is 2.00 bits per heavy atom. The van der Waals surface area contributed by atoms with Crippen LogP contribution in [-0.4, -0.2) is 24.6 Å². The van der Waals surface area contributed by atoms with E-state index >= 15 is 0 Å². The van der Waals surface area contributed by atoms with E-state index in [1.807, 2.05) is 7.05 Å². The molecule has 0 aliphatic heterocycles. The van der Waals surface area contributed by atoms with Gasteiger partial charge in [-0.1, -0.05) is 26.2 Å². The molecule has 1 aliphatic carbocycles. The molecule has 3 nitrogen and oxygen atoms in total. The van der Waals surface area contributed by atoms with Crippen LogP contribution in [0.1, 0.15) is 57.2 Å². The van der Waals surface area contributed by atoms with E-state index in [0.29, 0.717) is 6.04 Å². The van der Waals surface area contributed by atoms with Gasteiger partial charge in [-0.05, 0) is 50.9 Å². The van der Waals surface area contributed by atoms with Crippen molar-refractivity contribution in [3.63, 3.8) is 0 Å². The van der Waals surface area contributed by atoms with Gasteiger partial charge in [-0.3, -0.25) is 0 Å². The lowest BCUT2D eigenvalue weighted by molar-refractivity contribution is 0.610. The SMILES string of the molecule is CCCc1cc(CNC)cc(N(CC)C2CCCC2)n1. The lowest BCUT2D eigenvalue weighted by Crippen LogP contribution is -2.34. The molecule has 0 atom stereocenters. The summed E-state index contributed by atoms with van der Waals surface area (Å²) in [5, 5.41) is 3.26. The van der Waals surface area contributed by atoms with E-state index in [1.54, 1.807) is 0 Å². The Kier molecular flexibility index (Phi) is 5.84. The van der Waals surface area contributed by atoms with Crippen LogP contribution in [0.15, 0.2) is 12.1 Å². The van der Waals surface area contributed by atoms with Crippen LogP contribution in [0.3, 0.4) is 0 Å². The molecule has 20 heavy (non-hydrogen) atoms. The Balaban J connectivity index is 2.26. The minimum absolute atomic E-state index is 0.701. The highest BCUT2D eigenvalue weighted by molar-refractivity contribution is 5.44. The van der Waals surface area contributed by atoms with E-state index in [-0.39, 0.29) is 0 Å². The van der Waals surface area contributed by atoms with Crippen molar-refractivity contribution in [1.82, 2.24) is 10.3 Å². The summed E-state index contributed by atoms with van der Waals surface area (Å²) in [4.78, 5) is 7.44. The van der Waals surface area contributed by atoms with Gasteiger partial charge in [0.1, 0.15) is 5.82 Å². The van der Waals surface area contributed by atoms with Gasteiger partial charge in [0, 0.05) is 24.8 Å². The van der Waals surface area contributed by atoms with Crippen molar-refractivity contribution in [3.8, 4) is 0 Å². The van der Waals surface area contributed by atoms with E-state index in [9.17, 15) is 0 Å². The molecule has 1 heterocycles. The molecule has 1 saturated carbocycles.